The van der Waals surface area contributed by atoms with Crippen LogP contribution in [0.2, 0.25) is 0 Å². The lowest BCUT2D eigenvalue weighted by Crippen LogP contribution is -2.44. The van der Waals surface area contributed by atoms with Crippen molar-refractivity contribution in [3.63, 3.8) is 0 Å². The third kappa shape index (κ3) is 4.68. The van der Waals surface area contributed by atoms with Gasteiger partial charge in [-0.2, -0.15) is 5.26 Å². The summed E-state index contributed by atoms with van der Waals surface area (Å²) >= 11 is 1.47. The fourth-order valence-electron chi connectivity index (χ4n) is 5.24. The Morgan fingerprint density at radius 3 is 2.38 bits per heavy atom. The van der Waals surface area contributed by atoms with E-state index in [9.17, 15) is 4.39 Å². The van der Waals surface area contributed by atoms with Crippen LogP contribution >= 0.6 is 11.3 Å². The average Bonchev–Trinajstić information content (AvgIpc) is 3.59. The summed E-state index contributed by atoms with van der Waals surface area (Å²) in [7, 11) is 2.16. The van der Waals surface area contributed by atoms with Crippen LogP contribution < -0.4 is 10.2 Å². The molecule has 0 spiro atoms. The number of fused-ring (bicyclic) bond motifs is 1. The number of likely N-dealkylation sites (N-methyl/N-ethyl adjacent to an activating group) is 1. The second kappa shape index (κ2) is 10.0. The van der Waals surface area contributed by atoms with E-state index in [-0.39, 0.29) is 5.82 Å². The van der Waals surface area contributed by atoms with E-state index < -0.39 is 0 Å². The number of piperazine rings is 1. The van der Waals surface area contributed by atoms with Gasteiger partial charge in [0.2, 0.25) is 5.13 Å². The normalized spacial score (nSPS) is 15.9. The topological polar surface area (TPSA) is 85.9 Å². The first-order valence-electron chi connectivity index (χ1n) is 13.4. The van der Waals surface area contributed by atoms with E-state index in [1.54, 1.807) is 12.1 Å². The molecule has 0 atom stereocenters. The van der Waals surface area contributed by atoms with E-state index in [0.29, 0.717) is 16.7 Å². The van der Waals surface area contributed by atoms with Crippen molar-refractivity contribution in [2.24, 2.45) is 0 Å². The summed E-state index contributed by atoms with van der Waals surface area (Å²) in [6.45, 7) is 3.82. The molecule has 2 aromatic heterocycles. The lowest BCUT2D eigenvalue weighted by molar-refractivity contribution is 0.313. The highest BCUT2D eigenvalue weighted by atomic mass is 32.1. The van der Waals surface area contributed by atoms with Crippen LogP contribution in [0.25, 0.3) is 33.0 Å². The van der Waals surface area contributed by atoms with Crippen molar-refractivity contribution in [1.29, 1.82) is 5.26 Å². The molecule has 200 valence electrons. The fraction of sp³-hybridized carbons (Fsp3) is 0.267. The monoisotopic (exact) mass is 550 g/mol. The maximum Gasteiger partial charge on any atom is 0.210 e. The van der Waals surface area contributed by atoms with Crippen LogP contribution in [-0.4, -0.2) is 57.9 Å². The highest BCUT2D eigenvalue weighted by Gasteiger charge is 2.30. The van der Waals surface area contributed by atoms with Gasteiger partial charge in [-0.05, 0) is 68.4 Å². The molecule has 10 heteroatoms. The fourth-order valence-corrected chi connectivity index (χ4v) is 6.00. The number of benzene rings is 3. The first-order valence-corrected chi connectivity index (χ1v) is 14.2. The van der Waals surface area contributed by atoms with Gasteiger partial charge in [0, 0.05) is 43.3 Å². The first-order chi connectivity index (χ1) is 19.6. The van der Waals surface area contributed by atoms with E-state index in [1.165, 1.54) is 23.5 Å². The molecule has 0 radical (unpaired) electrons. The zero-order valence-corrected chi connectivity index (χ0v) is 22.8. The largest absolute Gasteiger partial charge is 0.367 e. The van der Waals surface area contributed by atoms with Gasteiger partial charge in [0.25, 0.3) is 0 Å². The van der Waals surface area contributed by atoms with E-state index in [1.807, 2.05) is 24.3 Å². The summed E-state index contributed by atoms with van der Waals surface area (Å²) in [5.74, 6) is 0.622. The number of nitriles is 1. The Labute approximate surface area is 235 Å². The van der Waals surface area contributed by atoms with Gasteiger partial charge in [-0.25, -0.2) is 9.37 Å². The minimum atomic E-state index is -0.251. The van der Waals surface area contributed by atoms with Crippen molar-refractivity contribution < 1.29 is 4.39 Å². The number of nitrogens with zero attached hydrogens (tertiary/aromatic N) is 7. The molecule has 3 aromatic carbocycles. The smallest absolute Gasteiger partial charge is 0.210 e. The molecule has 0 bridgehead atoms. The number of imidazole rings is 1. The van der Waals surface area contributed by atoms with Crippen LogP contribution in [0.15, 0.2) is 60.7 Å². The number of hydrogen-bond donors (Lipinski definition) is 1. The Balaban J connectivity index is 1.30. The van der Waals surface area contributed by atoms with E-state index >= 15 is 0 Å². The molecule has 7 rings (SSSR count). The zero-order valence-electron chi connectivity index (χ0n) is 22.0. The molecule has 2 fully saturated rings. The quantitative estimate of drug-likeness (QED) is 0.275. The predicted octanol–water partition coefficient (Wildman–Crippen LogP) is 6.06. The lowest BCUT2D eigenvalue weighted by atomic mass is 10.2. The molecular weight excluding hydrogens is 523 g/mol. The van der Waals surface area contributed by atoms with Crippen LogP contribution in [0.4, 0.5) is 20.9 Å². The highest BCUT2D eigenvalue weighted by molar-refractivity contribution is 7.18. The molecule has 0 amide bonds. The Bertz CT molecular complexity index is 1720. The first kappa shape index (κ1) is 24.7. The summed E-state index contributed by atoms with van der Waals surface area (Å²) < 4.78 is 16.0. The second-order valence-electron chi connectivity index (χ2n) is 10.4. The van der Waals surface area contributed by atoms with Crippen LogP contribution in [-0.2, 0) is 0 Å². The molecule has 1 saturated heterocycles. The van der Waals surface area contributed by atoms with Crippen molar-refractivity contribution in [3.05, 3.63) is 72.0 Å². The van der Waals surface area contributed by atoms with Gasteiger partial charge < -0.3 is 19.7 Å². The Morgan fingerprint density at radius 1 is 0.950 bits per heavy atom. The lowest BCUT2D eigenvalue weighted by Gasteiger charge is -2.35. The van der Waals surface area contributed by atoms with Crippen molar-refractivity contribution >= 4 is 38.9 Å². The van der Waals surface area contributed by atoms with Gasteiger partial charge >= 0.3 is 0 Å². The van der Waals surface area contributed by atoms with E-state index in [0.717, 1.165) is 83.4 Å². The molecule has 1 aliphatic carbocycles. The van der Waals surface area contributed by atoms with Gasteiger partial charge in [0.1, 0.15) is 16.6 Å². The highest BCUT2D eigenvalue weighted by Crippen LogP contribution is 2.44. The number of aromatic nitrogens is 4. The van der Waals surface area contributed by atoms with E-state index in [2.05, 4.69) is 55.1 Å². The van der Waals surface area contributed by atoms with Gasteiger partial charge in [-0.15, -0.1) is 10.2 Å². The Morgan fingerprint density at radius 2 is 1.68 bits per heavy atom. The number of rotatable bonds is 6. The van der Waals surface area contributed by atoms with Crippen LogP contribution in [0, 0.1) is 17.1 Å². The maximum absolute atomic E-state index is 13.7. The van der Waals surface area contributed by atoms with E-state index in [4.69, 9.17) is 10.2 Å². The van der Waals surface area contributed by atoms with Gasteiger partial charge in [-0.1, -0.05) is 23.5 Å². The summed E-state index contributed by atoms with van der Waals surface area (Å²) in [6.07, 6.45) is 2.23. The third-order valence-electron chi connectivity index (χ3n) is 7.59. The van der Waals surface area contributed by atoms with Crippen LogP contribution in [0.5, 0.6) is 0 Å². The van der Waals surface area contributed by atoms with Crippen LogP contribution in [0.1, 0.15) is 24.4 Å². The molecule has 1 saturated carbocycles. The maximum atomic E-state index is 13.7. The molecular formula is C30H27FN8S. The standard InChI is InChI=1S/C30H27FN8S/c1-37-12-14-38(15-13-37)26-17-27-25(33-28(39(27)23-10-11-23)20-6-8-22(31)9-7-20)16-24(26)34-30-36-35-29(40-30)21-4-2-19(18-32)3-5-21/h2-9,16-17,23H,10-15H2,1H3,(H,34,36). The number of halogens is 1. The summed E-state index contributed by atoms with van der Waals surface area (Å²) in [5.41, 5.74) is 6.49. The number of nitrogens with one attached hydrogen (secondary N) is 1. The predicted molar refractivity (Wildman–Crippen MR) is 156 cm³/mol. The molecule has 8 nitrogen and oxygen atoms in total. The minimum absolute atomic E-state index is 0.251. The molecule has 2 aliphatic rings. The van der Waals surface area contributed by atoms with Crippen LogP contribution in [0.3, 0.4) is 0 Å². The summed E-state index contributed by atoms with van der Waals surface area (Å²) in [4.78, 5) is 9.83. The van der Waals surface area contributed by atoms with Crippen molar-refractivity contribution in [2.45, 2.75) is 18.9 Å². The molecule has 3 heterocycles. The molecule has 0 unspecified atom stereocenters. The zero-order chi connectivity index (χ0) is 27.2. The SMILES string of the molecule is CN1CCN(c2cc3c(cc2Nc2nnc(-c4ccc(C#N)cc4)s2)nc(-c2ccc(F)cc2)n3C2CC2)CC1. The average molecular weight is 551 g/mol. The van der Waals surface area contributed by atoms with Gasteiger partial charge in [-0.3, -0.25) is 0 Å². The molecule has 1 N–H and O–H groups in total. The second-order valence-corrected chi connectivity index (χ2v) is 11.4. The van der Waals surface area contributed by atoms with Gasteiger partial charge in [0.05, 0.1) is 34.0 Å². The summed E-state index contributed by atoms with van der Waals surface area (Å²) in [6, 6.07) is 20.9. The molecule has 40 heavy (non-hydrogen) atoms. The summed E-state index contributed by atoms with van der Waals surface area (Å²) in [5, 5.41) is 23.0. The number of anilines is 3. The van der Waals surface area contributed by atoms with Crippen molar-refractivity contribution in [3.8, 4) is 28.0 Å². The molecule has 5 aromatic rings. The molecule has 1 aliphatic heterocycles. The van der Waals surface area contributed by atoms with Crippen molar-refractivity contribution in [1.82, 2.24) is 24.6 Å². The Kier molecular flexibility index (Phi) is 6.18. The minimum Gasteiger partial charge on any atom is -0.367 e. The Hall–Kier alpha value is -4.33. The van der Waals surface area contributed by atoms with Gasteiger partial charge in [0.15, 0.2) is 0 Å². The number of hydrogen-bond acceptors (Lipinski definition) is 8. The third-order valence-corrected chi connectivity index (χ3v) is 8.48. The van der Waals surface area contributed by atoms with Crippen molar-refractivity contribution in [2.75, 3.05) is 43.4 Å².